The third-order valence-electron chi connectivity index (χ3n) is 3.36. The molecule has 2 unspecified atom stereocenters. The fourth-order valence-electron chi connectivity index (χ4n) is 1.96. The second-order valence-corrected chi connectivity index (χ2v) is 5.06. The minimum atomic E-state index is 0.357. The summed E-state index contributed by atoms with van der Waals surface area (Å²) in [5.74, 6) is 0. The Morgan fingerprint density at radius 2 is 1.25 bits per heavy atom. The van der Waals surface area contributed by atoms with E-state index in [9.17, 15) is 0 Å². The quantitative estimate of drug-likeness (QED) is 0.531. The maximum absolute atomic E-state index is 6.06. The van der Waals surface area contributed by atoms with E-state index in [0.717, 1.165) is 19.3 Å². The highest BCUT2D eigenvalue weighted by atomic mass is 14.6. The molecule has 0 aliphatic rings. The van der Waals surface area contributed by atoms with E-state index in [-0.39, 0.29) is 0 Å². The minimum Gasteiger partial charge on any atom is -0.328 e. The molecular formula is C14H32N2. The summed E-state index contributed by atoms with van der Waals surface area (Å²) < 4.78 is 0. The van der Waals surface area contributed by atoms with E-state index < -0.39 is 0 Å². The first kappa shape index (κ1) is 15.9. The summed E-state index contributed by atoms with van der Waals surface area (Å²) in [5, 5.41) is 0. The molecule has 0 saturated heterocycles. The van der Waals surface area contributed by atoms with E-state index in [0.29, 0.717) is 12.1 Å². The van der Waals surface area contributed by atoms with Crippen molar-refractivity contribution in [3.63, 3.8) is 0 Å². The lowest BCUT2D eigenvalue weighted by Gasteiger charge is -2.14. The molecule has 2 heteroatoms. The summed E-state index contributed by atoms with van der Waals surface area (Å²) >= 11 is 0. The largest absolute Gasteiger partial charge is 0.328 e. The molecule has 98 valence electrons. The highest BCUT2D eigenvalue weighted by Crippen LogP contribution is 2.11. The molecule has 2 nitrogen and oxygen atoms in total. The molecule has 0 fully saturated rings. The van der Waals surface area contributed by atoms with Gasteiger partial charge in [-0.2, -0.15) is 0 Å². The van der Waals surface area contributed by atoms with E-state index in [1.165, 1.54) is 44.9 Å². The Balaban J connectivity index is 3.20. The van der Waals surface area contributed by atoms with E-state index in [4.69, 9.17) is 11.5 Å². The zero-order chi connectivity index (χ0) is 12.2. The number of nitrogens with two attached hydrogens (primary N) is 2. The average molecular weight is 228 g/mol. The maximum atomic E-state index is 6.06. The van der Waals surface area contributed by atoms with Crippen molar-refractivity contribution in [3.8, 4) is 0 Å². The highest BCUT2D eigenvalue weighted by molar-refractivity contribution is 4.66. The Morgan fingerprint density at radius 3 is 1.88 bits per heavy atom. The molecule has 0 bridgehead atoms. The van der Waals surface area contributed by atoms with Crippen LogP contribution in [0.4, 0.5) is 0 Å². The van der Waals surface area contributed by atoms with Crippen molar-refractivity contribution in [2.75, 3.05) is 0 Å². The summed E-state index contributed by atoms with van der Waals surface area (Å²) in [7, 11) is 0. The molecule has 0 heterocycles. The first-order chi connectivity index (χ1) is 7.70. The van der Waals surface area contributed by atoms with Crippen LogP contribution in [0.25, 0.3) is 0 Å². The summed E-state index contributed by atoms with van der Waals surface area (Å²) in [5.41, 5.74) is 11.9. The van der Waals surface area contributed by atoms with Gasteiger partial charge in [-0.1, -0.05) is 52.4 Å². The van der Waals surface area contributed by atoms with Crippen molar-refractivity contribution >= 4 is 0 Å². The van der Waals surface area contributed by atoms with Crippen LogP contribution in [0.2, 0.25) is 0 Å². The second-order valence-electron chi connectivity index (χ2n) is 5.06. The fourth-order valence-corrected chi connectivity index (χ4v) is 1.96. The van der Waals surface area contributed by atoms with Crippen LogP contribution in [0.3, 0.4) is 0 Å². The molecule has 2 atom stereocenters. The Hall–Kier alpha value is -0.0800. The lowest BCUT2D eigenvalue weighted by molar-refractivity contribution is 0.468. The molecule has 0 aliphatic carbocycles. The van der Waals surface area contributed by atoms with Gasteiger partial charge in [-0.3, -0.25) is 0 Å². The molecule has 0 aromatic rings. The van der Waals surface area contributed by atoms with Gasteiger partial charge >= 0.3 is 0 Å². The SMILES string of the molecule is CCCCCCCCC(N)CCC(N)CC. The van der Waals surface area contributed by atoms with Gasteiger partial charge in [0, 0.05) is 12.1 Å². The molecule has 0 aromatic carbocycles. The predicted molar refractivity (Wildman–Crippen MR) is 73.5 cm³/mol. The zero-order valence-corrected chi connectivity index (χ0v) is 11.4. The third kappa shape index (κ3) is 10.4. The van der Waals surface area contributed by atoms with Crippen molar-refractivity contribution in [2.24, 2.45) is 11.5 Å². The fraction of sp³-hybridized carbons (Fsp3) is 1.00. The van der Waals surface area contributed by atoms with Gasteiger partial charge in [0.25, 0.3) is 0 Å². The number of hydrogen-bond donors (Lipinski definition) is 2. The van der Waals surface area contributed by atoms with Gasteiger partial charge in [0.2, 0.25) is 0 Å². The summed E-state index contributed by atoms with van der Waals surface area (Å²) in [6, 6.07) is 0.736. The van der Waals surface area contributed by atoms with Crippen LogP contribution in [-0.4, -0.2) is 12.1 Å². The topological polar surface area (TPSA) is 52.0 Å². The van der Waals surface area contributed by atoms with Crippen LogP contribution in [0.1, 0.15) is 78.1 Å². The predicted octanol–water partition coefficient (Wildman–Crippen LogP) is 3.58. The first-order valence-corrected chi connectivity index (χ1v) is 7.21. The van der Waals surface area contributed by atoms with Crippen LogP contribution in [0, 0.1) is 0 Å². The van der Waals surface area contributed by atoms with Crippen LogP contribution in [0.15, 0.2) is 0 Å². The van der Waals surface area contributed by atoms with Gasteiger partial charge in [-0.25, -0.2) is 0 Å². The van der Waals surface area contributed by atoms with Gasteiger partial charge in [-0.15, -0.1) is 0 Å². The van der Waals surface area contributed by atoms with Gasteiger partial charge in [0.1, 0.15) is 0 Å². The normalized spacial score (nSPS) is 15.0. The Labute approximate surface area is 102 Å². The number of rotatable bonds is 11. The van der Waals surface area contributed by atoms with Crippen molar-refractivity contribution in [2.45, 2.75) is 90.1 Å². The molecule has 0 saturated carbocycles. The molecule has 4 N–H and O–H groups in total. The molecule has 0 rings (SSSR count). The van der Waals surface area contributed by atoms with Crippen LogP contribution >= 0.6 is 0 Å². The Morgan fingerprint density at radius 1 is 0.688 bits per heavy atom. The molecule has 0 aromatic heterocycles. The van der Waals surface area contributed by atoms with Crippen molar-refractivity contribution in [1.29, 1.82) is 0 Å². The lowest BCUT2D eigenvalue weighted by atomic mass is 10.00. The highest BCUT2D eigenvalue weighted by Gasteiger charge is 2.05. The van der Waals surface area contributed by atoms with Crippen LogP contribution in [0.5, 0.6) is 0 Å². The monoisotopic (exact) mass is 228 g/mol. The Kier molecular flexibility index (Phi) is 11.3. The van der Waals surface area contributed by atoms with E-state index >= 15 is 0 Å². The van der Waals surface area contributed by atoms with E-state index in [1.807, 2.05) is 0 Å². The molecule has 0 spiro atoms. The minimum absolute atomic E-state index is 0.357. The van der Waals surface area contributed by atoms with Crippen LogP contribution < -0.4 is 11.5 Å². The van der Waals surface area contributed by atoms with Gasteiger partial charge < -0.3 is 11.5 Å². The standard InChI is InChI=1S/C14H32N2/c1-3-5-6-7-8-9-10-14(16)12-11-13(15)4-2/h13-14H,3-12,15-16H2,1-2H3. The number of hydrogen-bond acceptors (Lipinski definition) is 2. The maximum Gasteiger partial charge on any atom is 0.00394 e. The van der Waals surface area contributed by atoms with Crippen molar-refractivity contribution in [1.82, 2.24) is 0 Å². The zero-order valence-electron chi connectivity index (χ0n) is 11.4. The second kappa shape index (κ2) is 11.4. The summed E-state index contributed by atoms with van der Waals surface area (Å²) in [6.07, 6.45) is 12.6. The van der Waals surface area contributed by atoms with Crippen molar-refractivity contribution < 1.29 is 0 Å². The average Bonchev–Trinajstić information content (AvgIpc) is 2.30. The molecule has 16 heavy (non-hydrogen) atoms. The summed E-state index contributed by atoms with van der Waals surface area (Å²) in [4.78, 5) is 0. The van der Waals surface area contributed by atoms with Gasteiger partial charge in [0.05, 0.1) is 0 Å². The van der Waals surface area contributed by atoms with Gasteiger partial charge in [-0.05, 0) is 25.7 Å². The molecule has 0 radical (unpaired) electrons. The van der Waals surface area contributed by atoms with Crippen LogP contribution in [-0.2, 0) is 0 Å². The van der Waals surface area contributed by atoms with E-state index in [1.54, 1.807) is 0 Å². The summed E-state index contributed by atoms with van der Waals surface area (Å²) in [6.45, 7) is 4.40. The molecule has 0 aliphatic heterocycles. The molecule has 0 amide bonds. The molecular weight excluding hydrogens is 196 g/mol. The Bertz CT molecular complexity index is 137. The third-order valence-corrected chi connectivity index (χ3v) is 3.36. The smallest absolute Gasteiger partial charge is 0.00394 e. The lowest BCUT2D eigenvalue weighted by Crippen LogP contribution is -2.25. The van der Waals surface area contributed by atoms with Gasteiger partial charge in [0.15, 0.2) is 0 Å². The van der Waals surface area contributed by atoms with E-state index in [2.05, 4.69) is 13.8 Å². The number of unbranched alkanes of at least 4 members (excludes halogenated alkanes) is 5. The first-order valence-electron chi connectivity index (χ1n) is 7.21. The van der Waals surface area contributed by atoms with Crippen molar-refractivity contribution in [3.05, 3.63) is 0 Å².